The molecule has 76 valence electrons. The fraction of sp³-hybridized carbons (Fsp3) is 0.500. The Bertz CT molecular complexity index is 333. The Hall–Kier alpha value is -0.980. The maximum atomic E-state index is 11.1. The number of nitrogens with zero attached hydrogens (tertiary/aromatic N) is 1. The van der Waals surface area contributed by atoms with Crippen molar-refractivity contribution in [2.24, 2.45) is 5.84 Å². The molecule has 2 heterocycles. The molecule has 1 fully saturated rings. The number of hydrogen-bond acceptors (Lipinski definition) is 5. The summed E-state index contributed by atoms with van der Waals surface area (Å²) >= 11 is 1.33. The lowest BCUT2D eigenvalue weighted by molar-refractivity contribution is 0.0957. The quantitative estimate of drug-likeness (QED) is 0.428. The van der Waals surface area contributed by atoms with E-state index in [4.69, 9.17) is 10.6 Å². The fourth-order valence-electron chi connectivity index (χ4n) is 1.38. The number of nitrogens with one attached hydrogen (secondary N) is 1. The van der Waals surface area contributed by atoms with Crippen LogP contribution in [0.25, 0.3) is 0 Å². The first-order valence-corrected chi connectivity index (χ1v) is 5.21. The van der Waals surface area contributed by atoms with E-state index in [2.05, 4.69) is 10.4 Å². The molecular weight excluding hydrogens is 202 g/mol. The summed E-state index contributed by atoms with van der Waals surface area (Å²) in [5.74, 6) is 4.72. The molecule has 1 aliphatic heterocycles. The van der Waals surface area contributed by atoms with E-state index in [9.17, 15) is 4.79 Å². The zero-order valence-electron chi connectivity index (χ0n) is 7.53. The van der Waals surface area contributed by atoms with Gasteiger partial charge in [0.05, 0.1) is 6.20 Å². The molecule has 1 atom stereocenters. The van der Waals surface area contributed by atoms with Gasteiger partial charge in [-0.1, -0.05) is 0 Å². The molecule has 1 amide bonds. The lowest BCUT2D eigenvalue weighted by Gasteiger charge is -2.02. The van der Waals surface area contributed by atoms with Crippen molar-refractivity contribution in [3.63, 3.8) is 0 Å². The molecule has 0 bridgehead atoms. The zero-order valence-corrected chi connectivity index (χ0v) is 8.34. The molecule has 0 radical (unpaired) electrons. The minimum absolute atomic E-state index is 0.0688. The van der Waals surface area contributed by atoms with Crippen LogP contribution in [0.1, 0.15) is 33.6 Å². The summed E-state index contributed by atoms with van der Waals surface area (Å²) in [4.78, 5) is 15.8. The molecule has 1 unspecified atom stereocenters. The lowest BCUT2D eigenvalue weighted by atomic mass is 10.2. The smallest absolute Gasteiger partial charge is 0.276 e. The number of amides is 1. The van der Waals surface area contributed by atoms with E-state index < -0.39 is 0 Å². The summed E-state index contributed by atoms with van der Waals surface area (Å²) < 4.78 is 5.45. The van der Waals surface area contributed by atoms with Gasteiger partial charge in [0, 0.05) is 6.61 Å². The third-order valence-corrected chi connectivity index (χ3v) is 3.17. The van der Waals surface area contributed by atoms with Crippen molar-refractivity contribution >= 4 is 17.2 Å². The van der Waals surface area contributed by atoms with Crippen LogP contribution in [0.15, 0.2) is 6.20 Å². The molecule has 0 aromatic carbocycles. The van der Waals surface area contributed by atoms with Crippen molar-refractivity contribution in [1.82, 2.24) is 10.4 Å². The summed E-state index contributed by atoms with van der Waals surface area (Å²) in [6, 6.07) is 0. The minimum atomic E-state index is -0.299. The van der Waals surface area contributed by atoms with Gasteiger partial charge in [-0.25, -0.2) is 10.8 Å². The van der Waals surface area contributed by atoms with Crippen LogP contribution >= 0.6 is 11.3 Å². The fourth-order valence-corrected chi connectivity index (χ4v) is 2.29. The Kier molecular flexibility index (Phi) is 2.76. The van der Waals surface area contributed by atoms with Crippen molar-refractivity contribution in [3.8, 4) is 0 Å². The maximum Gasteiger partial charge on any atom is 0.276 e. The standard InChI is InChI=1S/C8H11N3O2S/c9-11-7(12)6-4-10-8(14-6)5-2-1-3-13-5/h4-5H,1-3,9H2,(H,11,12). The molecule has 6 heteroatoms. The number of aromatic nitrogens is 1. The van der Waals surface area contributed by atoms with Gasteiger partial charge in [0.25, 0.3) is 5.91 Å². The second kappa shape index (κ2) is 4.04. The Morgan fingerprint density at radius 3 is 3.29 bits per heavy atom. The lowest BCUT2D eigenvalue weighted by Crippen LogP contribution is -2.29. The highest BCUT2D eigenvalue weighted by atomic mass is 32.1. The average molecular weight is 213 g/mol. The molecule has 0 aliphatic carbocycles. The number of nitrogen functional groups attached to an aromatic ring is 1. The first kappa shape index (κ1) is 9.57. The molecule has 1 aliphatic rings. The third-order valence-electron chi connectivity index (χ3n) is 2.08. The van der Waals surface area contributed by atoms with E-state index in [1.54, 1.807) is 0 Å². The molecule has 3 N–H and O–H groups in total. The third kappa shape index (κ3) is 1.77. The van der Waals surface area contributed by atoms with Crippen LogP contribution in [0, 0.1) is 0 Å². The van der Waals surface area contributed by atoms with Crippen molar-refractivity contribution in [1.29, 1.82) is 0 Å². The van der Waals surface area contributed by atoms with Crippen molar-refractivity contribution in [2.45, 2.75) is 18.9 Å². The molecule has 1 aromatic rings. The number of thiazole rings is 1. The summed E-state index contributed by atoms with van der Waals surface area (Å²) in [6.45, 7) is 0.780. The molecule has 14 heavy (non-hydrogen) atoms. The number of carbonyl (C=O) groups is 1. The predicted octanol–water partition coefficient (Wildman–Crippen LogP) is 0.598. The van der Waals surface area contributed by atoms with Crippen LogP contribution in [-0.4, -0.2) is 17.5 Å². The molecule has 5 nitrogen and oxygen atoms in total. The van der Waals surface area contributed by atoms with E-state index in [-0.39, 0.29) is 12.0 Å². The normalized spacial score (nSPS) is 21.1. The molecular formula is C8H11N3O2S. The van der Waals surface area contributed by atoms with E-state index in [0.717, 1.165) is 24.5 Å². The summed E-state index contributed by atoms with van der Waals surface area (Å²) in [7, 11) is 0. The second-order valence-corrected chi connectivity index (χ2v) is 4.10. The molecule has 2 rings (SSSR count). The second-order valence-electron chi connectivity index (χ2n) is 3.04. The van der Waals surface area contributed by atoms with Gasteiger partial charge in [0.2, 0.25) is 0 Å². The monoisotopic (exact) mass is 213 g/mol. The van der Waals surface area contributed by atoms with E-state index in [1.807, 2.05) is 0 Å². The van der Waals surface area contributed by atoms with E-state index >= 15 is 0 Å². The SMILES string of the molecule is NNC(=O)c1cnc(C2CCCO2)s1. The number of hydrogen-bond donors (Lipinski definition) is 2. The van der Waals surface area contributed by atoms with Crippen molar-refractivity contribution < 1.29 is 9.53 Å². The van der Waals surface area contributed by atoms with Crippen LogP contribution in [0.5, 0.6) is 0 Å². The molecule has 0 saturated carbocycles. The van der Waals surface area contributed by atoms with Gasteiger partial charge < -0.3 is 4.74 Å². The molecule has 1 aromatic heterocycles. The summed E-state index contributed by atoms with van der Waals surface area (Å²) in [6.07, 6.45) is 3.64. The van der Waals surface area contributed by atoms with Gasteiger partial charge in [-0.3, -0.25) is 10.2 Å². The van der Waals surface area contributed by atoms with Crippen LogP contribution < -0.4 is 11.3 Å². The average Bonchev–Trinajstić information content (AvgIpc) is 2.86. The first-order valence-electron chi connectivity index (χ1n) is 4.39. The molecule has 0 spiro atoms. The minimum Gasteiger partial charge on any atom is -0.371 e. The predicted molar refractivity (Wildman–Crippen MR) is 51.7 cm³/mol. The summed E-state index contributed by atoms with van der Waals surface area (Å²) in [5, 5.41) is 0.862. The van der Waals surface area contributed by atoms with Gasteiger partial charge in [-0.15, -0.1) is 11.3 Å². The number of hydrazine groups is 1. The molecule has 1 saturated heterocycles. The number of ether oxygens (including phenoxy) is 1. The highest BCUT2D eigenvalue weighted by molar-refractivity contribution is 7.13. The van der Waals surface area contributed by atoms with Crippen LogP contribution in [0.3, 0.4) is 0 Å². The maximum absolute atomic E-state index is 11.1. The van der Waals surface area contributed by atoms with Gasteiger partial charge in [0.1, 0.15) is 16.0 Å². The van der Waals surface area contributed by atoms with Gasteiger partial charge in [-0.05, 0) is 12.8 Å². The topological polar surface area (TPSA) is 77.2 Å². The number of rotatable bonds is 2. The summed E-state index contributed by atoms with van der Waals surface area (Å²) in [5.41, 5.74) is 2.08. The van der Waals surface area contributed by atoms with Crippen LogP contribution in [-0.2, 0) is 4.74 Å². The van der Waals surface area contributed by atoms with Crippen LogP contribution in [0.4, 0.5) is 0 Å². The van der Waals surface area contributed by atoms with Gasteiger partial charge in [0.15, 0.2) is 0 Å². The number of nitrogens with two attached hydrogens (primary N) is 1. The number of carbonyl (C=O) groups excluding carboxylic acids is 1. The Balaban J connectivity index is 2.12. The van der Waals surface area contributed by atoms with E-state index in [0.29, 0.717) is 4.88 Å². The van der Waals surface area contributed by atoms with Gasteiger partial charge in [-0.2, -0.15) is 0 Å². The highest BCUT2D eigenvalue weighted by Gasteiger charge is 2.21. The highest BCUT2D eigenvalue weighted by Crippen LogP contribution is 2.31. The van der Waals surface area contributed by atoms with Crippen LogP contribution in [0.2, 0.25) is 0 Å². The Morgan fingerprint density at radius 2 is 2.64 bits per heavy atom. The Labute approximate surface area is 85.2 Å². The van der Waals surface area contributed by atoms with Gasteiger partial charge >= 0.3 is 0 Å². The Morgan fingerprint density at radius 1 is 1.79 bits per heavy atom. The first-order chi connectivity index (χ1) is 6.81. The van der Waals surface area contributed by atoms with Crippen molar-refractivity contribution in [2.75, 3.05) is 6.61 Å². The van der Waals surface area contributed by atoms with Crippen molar-refractivity contribution in [3.05, 3.63) is 16.1 Å². The van der Waals surface area contributed by atoms with E-state index in [1.165, 1.54) is 17.5 Å². The zero-order chi connectivity index (χ0) is 9.97. The largest absolute Gasteiger partial charge is 0.371 e.